The molecule has 2 rings (SSSR count). The number of rotatable bonds is 7. The van der Waals surface area contributed by atoms with Crippen molar-refractivity contribution in [2.45, 2.75) is 26.6 Å². The SMILES string of the molecule is CCNCc1cn(CC(=O)NCc2ccccc2)nn1. The zero-order valence-electron chi connectivity index (χ0n) is 11.5. The van der Waals surface area contributed by atoms with Crippen LogP contribution in [0.5, 0.6) is 0 Å². The zero-order valence-corrected chi connectivity index (χ0v) is 11.5. The minimum Gasteiger partial charge on any atom is -0.350 e. The third-order valence-corrected chi connectivity index (χ3v) is 2.78. The van der Waals surface area contributed by atoms with Crippen LogP contribution in [0.4, 0.5) is 0 Å². The van der Waals surface area contributed by atoms with Crippen LogP contribution in [0.2, 0.25) is 0 Å². The molecule has 1 aromatic carbocycles. The van der Waals surface area contributed by atoms with Crippen LogP contribution in [0.3, 0.4) is 0 Å². The van der Waals surface area contributed by atoms with Crippen molar-refractivity contribution in [1.29, 1.82) is 0 Å². The Morgan fingerprint density at radius 1 is 1.25 bits per heavy atom. The van der Waals surface area contributed by atoms with Gasteiger partial charge >= 0.3 is 0 Å². The molecule has 1 amide bonds. The van der Waals surface area contributed by atoms with E-state index in [0.717, 1.165) is 17.8 Å². The Morgan fingerprint density at radius 3 is 2.80 bits per heavy atom. The first kappa shape index (κ1) is 14.2. The minimum absolute atomic E-state index is 0.0752. The van der Waals surface area contributed by atoms with Crippen molar-refractivity contribution >= 4 is 5.91 Å². The monoisotopic (exact) mass is 273 g/mol. The average molecular weight is 273 g/mol. The Morgan fingerprint density at radius 2 is 2.05 bits per heavy atom. The first-order valence-electron chi connectivity index (χ1n) is 6.68. The van der Waals surface area contributed by atoms with Crippen LogP contribution in [0.1, 0.15) is 18.2 Å². The quantitative estimate of drug-likeness (QED) is 0.779. The Balaban J connectivity index is 1.78. The molecule has 2 aromatic rings. The van der Waals surface area contributed by atoms with Gasteiger partial charge in [0.25, 0.3) is 0 Å². The van der Waals surface area contributed by atoms with E-state index >= 15 is 0 Å². The van der Waals surface area contributed by atoms with Gasteiger partial charge in [-0.25, -0.2) is 4.68 Å². The van der Waals surface area contributed by atoms with Crippen molar-refractivity contribution in [3.63, 3.8) is 0 Å². The Hall–Kier alpha value is -2.21. The van der Waals surface area contributed by atoms with Crippen molar-refractivity contribution in [3.8, 4) is 0 Å². The molecule has 6 heteroatoms. The van der Waals surface area contributed by atoms with Crippen molar-refractivity contribution in [1.82, 2.24) is 25.6 Å². The largest absolute Gasteiger partial charge is 0.350 e. The molecule has 0 saturated heterocycles. The lowest BCUT2D eigenvalue weighted by Gasteiger charge is -2.04. The van der Waals surface area contributed by atoms with E-state index in [-0.39, 0.29) is 12.5 Å². The van der Waals surface area contributed by atoms with E-state index in [4.69, 9.17) is 0 Å². The minimum atomic E-state index is -0.0752. The molecular weight excluding hydrogens is 254 g/mol. The van der Waals surface area contributed by atoms with Gasteiger partial charge in [0.15, 0.2) is 0 Å². The number of hydrogen-bond donors (Lipinski definition) is 2. The maximum Gasteiger partial charge on any atom is 0.242 e. The van der Waals surface area contributed by atoms with Gasteiger partial charge in [0.1, 0.15) is 6.54 Å². The molecule has 0 bridgehead atoms. The lowest BCUT2D eigenvalue weighted by atomic mass is 10.2. The summed E-state index contributed by atoms with van der Waals surface area (Å²) < 4.78 is 1.55. The number of carbonyl (C=O) groups excluding carboxylic acids is 1. The van der Waals surface area contributed by atoms with Gasteiger partial charge in [-0.05, 0) is 12.1 Å². The summed E-state index contributed by atoms with van der Waals surface area (Å²) in [5, 5.41) is 13.9. The number of amides is 1. The lowest BCUT2D eigenvalue weighted by molar-refractivity contribution is -0.122. The molecule has 0 unspecified atom stereocenters. The summed E-state index contributed by atoms with van der Waals surface area (Å²) >= 11 is 0. The van der Waals surface area contributed by atoms with Crippen LogP contribution in [-0.2, 0) is 24.4 Å². The number of benzene rings is 1. The van der Waals surface area contributed by atoms with E-state index in [2.05, 4.69) is 20.9 Å². The maximum absolute atomic E-state index is 11.8. The summed E-state index contributed by atoms with van der Waals surface area (Å²) in [6.45, 7) is 4.29. The van der Waals surface area contributed by atoms with E-state index in [1.807, 2.05) is 37.3 Å². The van der Waals surface area contributed by atoms with Crippen LogP contribution in [-0.4, -0.2) is 27.4 Å². The molecule has 0 aliphatic carbocycles. The number of hydrogen-bond acceptors (Lipinski definition) is 4. The molecule has 0 spiro atoms. The van der Waals surface area contributed by atoms with Crippen LogP contribution in [0, 0.1) is 0 Å². The molecular formula is C14H19N5O. The summed E-state index contributed by atoms with van der Waals surface area (Å²) in [6.07, 6.45) is 1.78. The van der Waals surface area contributed by atoms with Gasteiger partial charge in [0.2, 0.25) is 5.91 Å². The Labute approximate surface area is 118 Å². The standard InChI is InChI=1S/C14H19N5O/c1-2-15-9-13-10-19(18-17-13)11-14(20)16-8-12-6-4-3-5-7-12/h3-7,10,15H,2,8-9,11H2,1H3,(H,16,20). The number of aromatic nitrogens is 3. The van der Waals surface area contributed by atoms with Gasteiger partial charge < -0.3 is 10.6 Å². The second kappa shape index (κ2) is 7.40. The predicted molar refractivity (Wildman–Crippen MR) is 75.7 cm³/mol. The van der Waals surface area contributed by atoms with Gasteiger partial charge in [-0.3, -0.25) is 4.79 Å². The third kappa shape index (κ3) is 4.47. The molecule has 1 heterocycles. The second-order valence-corrected chi connectivity index (χ2v) is 4.45. The zero-order chi connectivity index (χ0) is 14.2. The number of nitrogens with zero attached hydrogens (tertiary/aromatic N) is 3. The highest BCUT2D eigenvalue weighted by atomic mass is 16.2. The molecule has 0 atom stereocenters. The first-order valence-corrected chi connectivity index (χ1v) is 6.68. The summed E-state index contributed by atoms with van der Waals surface area (Å²) in [5.41, 5.74) is 1.91. The highest BCUT2D eigenvalue weighted by Gasteiger charge is 2.05. The summed E-state index contributed by atoms with van der Waals surface area (Å²) in [6, 6.07) is 9.80. The van der Waals surface area contributed by atoms with E-state index in [9.17, 15) is 4.79 Å². The van der Waals surface area contributed by atoms with Crippen molar-refractivity contribution in [3.05, 3.63) is 47.8 Å². The van der Waals surface area contributed by atoms with E-state index in [0.29, 0.717) is 13.1 Å². The topological polar surface area (TPSA) is 71.8 Å². The number of carbonyl (C=O) groups is 1. The Bertz CT molecular complexity index is 538. The Kier molecular flexibility index (Phi) is 5.25. The van der Waals surface area contributed by atoms with E-state index in [1.54, 1.807) is 10.9 Å². The van der Waals surface area contributed by atoms with Crippen LogP contribution >= 0.6 is 0 Å². The van der Waals surface area contributed by atoms with Crippen LogP contribution in [0.15, 0.2) is 36.5 Å². The molecule has 0 fully saturated rings. The van der Waals surface area contributed by atoms with Crippen molar-refractivity contribution < 1.29 is 4.79 Å². The van der Waals surface area contributed by atoms with Gasteiger partial charge in [0, 0.05) is 13.1 Å². The lowest BCUT2D eigenvalue weighted by Crippen LogP contribution is -2.27. The second-order valence-electron chi connectivity index (χ2n) is 4.45. The summed E-state index contributed by atoms with van der Waals surface area (Å²) in [7, 11) is 0. The van der Waals surface area contributed by atoms with Crippen LogP contribution in [0.25, 0.3) is 0 Å². The van der Waals surface area contributed by atoms with Gasteiger partial charge in [0.05, 0.1) is 11.9 Å². The van der Waals surface area contributed by atoms with Gasteiger partial charge in [-0.15, -0.1) is 5.10 Å². The van der Waals surface area contributed by atoms with E-state index < -0.39 is 0 Å². The highest BCUT2D eigenvalue weighted by Crippen LogP contribution is 1.97. The molecule has 1 aromatic heterocycles. The van der Waals surface area contributed by atoms with E-state index in [1.165, 1.54) is 0 Å². The molecule has 0 radical (unpaired) electrons. The summed E-state index contributed by atoms with van der Waals surface area (Å²) in [5.74, 6) is -0.0752. The average Bonchev–Trinajstić information content (AvgIpc) is 2.91. The summed E-state index contributed by atoms with van der Waals surface area (Å²) in [4.78, 5) is 11.8. The molecule has 106 valence electrons. The molecule has 0 aliphatic rings. The highest BCUT2D eigenvalue weighted by molar-refractivity contribution is 5.75. The number of nitrogens with one attached hydrogen (secondary N) is 2. The van der Waals surface area contributed by atoms with Crippen molar-refractivity contribution in [2.75, 3.05) is 6.54 Å². The fraction of sp³-hybridized carbons (Fsp3) is 0.357. The normalized spacial score (nSPS) is 10.4. The fourth-order valence-corrected chi connectivity index (χ4v) is 1.75. The molecule has 20 heavy (non-hydrogen) atoms. The molecule has 0 saturated carbocycles. The third-order valence-electron chi connectivity index (χ3n) is 2.78. The molecule has 0 aliphatic heterocycles. The first-order chi connectivity index (χ1) is 9.78. The predicted octanol–water partition coefficient (Wildman–Crippen LogP) is 0.704. The smallest absolute Gasteiger partial charge is 0.242 e. The molecule has 2 N–H and O–H groups in total. The maximum atomic E-state index is 11.8. The van der Waals surface area contributed by atoms with Crippen molar-refractivity contribution in [2.24, 2.45) is 0 Å². The van der Waals surface area contributed by atoms with Crippen LogP contribution < -0.4 is 10.6 Å². The fourth-order valence-electron chi connectivity index (χ4n) is 1.75. The molecule has 6 nitrogen and oxygen atoms in total. The van der Waals surface area contributed by atoms with Gasteiger partial charge in [-0.1, -0.05) is 42.5 Å². The van der Waals surface area contributed by atoms with Gasteiger partial charge in [-0.2, -0.15) is 0 Å².